The molecule has 0 amide bonds. The van der Waals surface area contributed by atoms with E-state index in [1.165, 1.54) is 13.8 Å². The molecule has 4 saturated carbocycles. The van der Waals surface area contributed by atoms with Crippen molar-refractivity contribution < 1.29 is 109 Å². The van der Waals surface area contributed by atoms with Crippen molar-refractivity contribution in [3.05, 3.63) is 11.8 Å². The summed E-state index contributed by atoms with van der Waals surface area (Å²) in [6.45, 7) is 10.7. The van der Waals surface area contributed by atoms with E-state index in [9.17, 15) is 66.4 Å². The minimum atomic E-state index is -1.72. The van der Waals surface area contributed by atoms with Crippen LogP contribution in [0.15, 0.2) is 11.8 Å². The molecule has 9 fully saturated rings. The minimum Gasteiger partial charge on any atom is -0.492 e. The van der Waals surface area contributed by atoms with Crippen molar-refractivity contribution in [1.29, 1.82) is 0 Å². The van der Waals surface area contributed by atoms with Crippen LogP contribution < -0.4 is 0 Å². The lowest BCUT2D eigenvalue weighted by Gasteiger charge is -2.61. The lowest BCUT2D eigenvalue weighted by Crippen LogP contribution is -2.65. The van der Waals surface area contributed by atoms with Gasteiger partial charge in [0.05, 0.1) is 38.1 Å². The predicted molar refractivity (Wildman–Crippen MR) is 249 cm³/mol. The molecule has 0 aromatic carbocycles. The number of fused-ring (bicyclic) bond motifs is 7. The van der Waals surface area contributed by atoms with E-state index in [-0.39, 0.29) is 47.4 Å². The summed E-state index contributed by atoms with van der Waals surface area (Å²) in [5.41, 5.74) is -1.40. The van der Waals surface area contributed by atoms with E-state index >= 15 is 0 Å². The van der Waals surface area contributed by atoms with Crippen molar-refractivity contribution in [2.24, 2.45) is 46.3 Å². The molecule has 0 spiro atoms. The van der Waals surface area contributed by atoms with Crippen LogP contribution in [0.5, 0.6) is 0 Å². The van der Waals surface area contributed by atoms with E-state index in [4.69, 9.17) is 42.6 Å². The number of hydrogen-bond donors (Lipinski definition) is 13. The average Bonchev–Trinajstić information content (AvgIpc) is 3.81. The lowest BCUT2D eigenvalue weighted by atomic mass is 9.44. The van der Waals surface area contributed by atoms with Gasteiger partial charge in [-0.15, -0.1) is 0 Å². The fourth-order valence-electron chi connectivity index (χ4n) is 15.1. The van der Waals surface area contributed by atoms with Gasteiger partial charge in [0, 0.05) is 5.92 Å². The third-order valence-corrected chi connectivity index (χ3v) is 19.4. The third-order valence-electron chi connectivity index (χ3n) is 19.4. The van der Waals surface area contributed by atoms with Crippen LogP contribution in [-0.2, 0) is 42.6 Å². The second kappa shape index (κ2) is 21.7. The zero-order chi connectivity index (χ0) is 52.8. The van der Waals surface area contributed by atoms with Gasteiger partial charge in [-0.3, -0.25) is 0 Å². The summed E-state index contributed by atoms with van der Waals surface area (Å²) in [5, 5.41) is 139. The van der Waals surface area contributed by atoms with Gasteiger partial charge in [-0.1, -0.05) is 20.8 Å². The number of hydrogen-bond acceptors (Lipinski definition) is 22. The Morgan fingerprint density at radius 2 is 1.19 bits per heavy atom. The fourth-order valence-corrected chi connectivity index (χ4v) is 15.1. The highest BCUT2D eigenvalue weighted by Gasteiger charge is 2.69. The zero-order valence-corrected chi connectivity index (χ0v) is 42.7. The van der Waals surface area contributed by atoms with Crippen LogP contribution in [-0.4, -0.2) is 227 Å². The molecule has 5 aliphatic heterocycles. The summed E-state index contributed by atoms with van der Waals surface area (Å²) in [4.78, 5) is 0. The van der Waals surface area contributed by atoms with Gasteiger partial charge in [0.2, 0.25) is 0 Å². The Morgan fingerprint density at radius 1 is 0.603 bits per heavy atom. The van der Waals surface area contributed by atoms with Gasteiger partial charge in [0.15, 0.2) is 25.2 Å². The highest BCUT2D eigenvalue weighted by Crippen LogP contribution is 2.71. The molecule has 0 bridgehead atoms. The van der Waals surface area contributed by atoms with Gasteiger partial charge in [0.1, 0.15) is 103 Å². The fraction of sp³-hybridized carbons (Fsp3) is 0.961. The molecular weight excluding hydrogens is 965 g/mol. The quantitative estimate of drug-likeness (QED) is 0.0889. The van der Waals surface area contributed by atoms with E-state index in [0.717, 1.165) is 38.5 Å². The maximum Gasteiger partial charge on any atom is 0.187 e. The van der Waals surface area contributed by atoms with E-state index < -0.39 is 142 Å². The van der Waals surface area contributed by atoms with Gasteiger partial charge in [0.25, 0.3) is 0 Å². The number of aliphatic hydroxyl groups excluding tert-OH is 12. The van der Waals surface area contributed by atoms with Crippen molar-refractivity contribution in [2.75, 3.05) is 19.8 Å². The Bertz CT molecular complexity index is 1890. The Hall–Kier alpha value is -1.30. The Morgan fingerprint density at radius 3 is 1.86 bits per heavy atom. The first-order chi connectivity index (χ1) is 34.4. The molecule has 31 atom stereocenters. The Kier molecular flexibility index (Phi) is 16.8. The van der Waals surface area contributed by atoms with E-state index in [1.54, 1.807) is 0 Å². The molecule has 22 heteroatoms. The van der Waals surface area contributed by atoms with E-state index in [0.29, 0.717) is 42.8 Å². The molecule has 0 aromatic rings. The van der Waals surface area contributed by atoms with Crippen LogP contribution in [0, 0.1) is 46.3 Å². The SMILES string of the molecule is C[C@H](C/C=C1\O[C@H]2C[C@H]3[C@@H]4CC[C@H]5C[C@@H](O[C@@H]6O[C@H](CO[C@@H]7O[C@@H](C)[C@H](O)[C@@H](O)[C@H]7O)[C@@H](O)[C@H](O)[C@H]6O[C@@H]6O[C@@H](C)[C@H](O)[C@@H](O)[C@H]6O)CC[C@]5(C)[C@H]4CC[C@]3(C)[C@H]2[C@]1(C)O)CO[C@@H]1O[C@H](CO)[C@@H](O)[C@H](O)[C@H]1O. The maximum atomic E-state index is 12.4. The van der Waals surface area contributed by atoms with Crippen molar-refractivity contribution in [3.8, 4) is 0 Å². The molecule has 0 aromatic heterocycles. The second-order valence-corrected chi connectivity index (χ2v) is 24.0. The van der Waals surface area contributed by atoms with Crippen LogP contribution >= 0.6 is 0 Å². The van der Waals surface area contributed by atoms with Gasteiger partial charge in [-0.05, 0) is 125 Å². The first-order valence-corrected chi connectivity index (χ1v) is 26.8. The van der Waals surface area contributed by atoms with Crippen LogP contribution in [0.2, 0.25) is 0 Å². The van der Waals surface area contributed by atoms with Gasteiger partial charge in [-0.25, -0.2) is 0 Å². The average molecular weight is 1050 g/mol. The van der Waals surface area contributed by atoms with Gasteiger partial charge < -0.3 is 109 Å². The predicted octanol–water partition coefficient (Wildman–Crippen LogP) is -1.98. The normalized spacial score (nSPS) is 56.0. The van der Waals surface area contributed by atoms with Crippen LogP contribution in [0.4, 0.5) is 0 Å². The number of ether oxygens (including phenoxy) is 9. The van der Waals surface area contributed by atoms with Crippen LogP contribution in [0.1, 0.15) is 99.3 Å². The molecule has 5 saturated heterocycles. The standard InChI is InChI=1S/C51H84O22/c1-20(18-65-46-41(62)38(59)34(55)29(17-52)71-46)7-10-31-51(6,64)44-28(70-31)16-27-25-9-8-23-15-24(11-13-49(23,4)26(25)12-14-50(27,44)5)69-48-43(73-47-42(63)37(58)33(54)22(3)68-47)39(60)35(56)30(72-48)19-66-45-40(61)36(57)32(53)21(2)67-45/h10,20-30,32-48,52-64H,7-9,11-19H2,1-6H3/b31-10-/t20-,21+,22+,23+,24+,25-,26+,27+,28+,29-,30-,32+,33+,34-,35-,36-,37-,38+,39+,40-,41-,42-,43-,44+,45-,46-,47+,48-,49+,50+,51-/m1/s1. The summed E-state index contributed by atoms with van der Waals surface area (Å²) in [7, 11) is 0. The first kappa shape index (κ1) is 56.4. The molecule has 73 heavy (non-hydrogen) atoms. The third kappa shape index (κ3) is 10.2. The van der Waals surface area contributed by atoms with E-state index in [1.807, 2.05) is 19.9 Å². The second-order valence-electron chi connectivity index (χ2n) is 24.0. The highest BCUT2D eigenvalue weighted by molar-refractivity contribution is 5.26. The number of aliphatic hydroxyl groups is 13. The maximum absolute atomic E-state index is 12.4. The molecule has 420 valence electrons. The molecule has 0 radical (unpaired) electrons. The van der Waals surface area contributed by atoms with Gasteiger partial charge >= 0.3 is 0 Å². The molecular formula is C51H84O22. The van der Waals surface area contributed by atoms with Gasteiger partial charge in [-0.2, -0.15) is 0 Å². The molecule has 4 aliphatic carbocycles. The summed E-state index contributed by atoms with van der Waals surface area (Å²) in [6.07, 6.45) is -19.6. The monoisotopic (exact) mass is 1050 g/mol. The summed E-state index contributed by atoms with van der Waals surface area (Å²) >= 11 is 0. The molecule has 0 unspecified atom stereocenters. The molecule has 22 nitrogen and oxygen atoms in total. The molecule has 9 aliphatic rings. The van der Waals surface area contributed by atoms with Crippen LogP contribution in [0.25, 0.3) is 0 Å². The van der Waals surface area contributed by atoms with E-state index in [2.05, 4.69) is 13.8 Å². The summed E-state index contributed by atoms with van der Waals surface area (Å²) < 4.78 is 54.2. The zero-order valence-electron chi connectivity index (χ0n) is 42.7. The van der Waals surface area contributed by atoms with Crippen LogP contribution in [0.3, 0.4) is 0 Å². The highest BCUT2D eigenvalue weighted by atomic mass is 16.8. The summed E-state index contributed by atoms with van der Waals surface area (Å²) in [6, 6.07) is 0. The number of rotatable bonds is 13. The van der Waals surface area contributed by atoms with Crippen molar-refractivity contribution >= 4 is 0 Å². The lowest BCUT2D eigenvalue weighted by molar-refractivity contribution is -0.375. The van der Waals surface area contributed by atoms with Crippen molar-refractivity contribution in [1.82, 2.24) is 0 Å². The molecule has 13 N–H and O–H groups in total. The Balaban J connectivity index is 0.837. The smallest absolute Gasteiger partial charge is 0.187 e. The topological polar surface area (TPSA) is 346 Å². The largest absolute Gasteiger partial charge is 0.492 e. The first-order valence-electron chi connectivity index (χ1n) is 26.8. The molecule has 9 rings (SSSR count). The number of allylic oxidation sites excluding steroid dienone is 1. The van der Waals surface area contributed by atoms with Crippen molar-refractivity contribution in [2.45, 2.75) is 240 Å². The Labute approximate surface area is 426 Å². The summed E-state index contributed by atoms with van der Waals surface area (Å²) in [5.74, 6) is 1.79. The van der Waals surface area contributed by atoms with Crippen molar-refractivity contribution in [3.63, 3.8) is 0 Å². The minimum absolute atomic E-state index is 0.0251. The molecule has 5 heterocycles.